The van der Waals surface area contributed by atoms with E-state index in [2.05, 4.69) is 42.3 Å². The molecule has 1 aromatic heterocycles. The third-order valence-corrected chi connectivity index (χ3v) is 5.22. The molecule has 134 valence electrons. The molecule has 1 aromatic carbocycles. The van der Waals surface area contributed by atoms with Gasteiger partial charge in [-0.3, -0.25) is 10.1 Å². The minimum Gasteiger partial charge on any atom is -0.376 e. The third kappa shape index (κ3) is 4.66. The Kier molecular flexibility index (Phi) is 5.83. The second kappa shape index (κ2) is 8.08. The van der Waals surface area contributed by atoms with Crippen LogP contribution in [0.25, 0.3) is 11.3 Å². The number of amides is 1. The lowest BCUT2D eigenvalue weighted by Crippen LogP contribution is -2.30. The standard InChI is InChI=1S/C19H24N2O3S/c1-12-6-7-15(9-13(12)2)17-11-25-19(20-17)21-18(22)14(3)24-10-16-5-4-8-23-16/h6-7,9,11,14,16H,4-5,8,10H2,1-3H3,(H,20,21,22). The summed E-state index contributed by atoms with van der Waals surface area (Å²) in [7, 11) is 0. The molecule has 1 saturated heterocycles. The van der Waals surface area contributed by atoms with Crippen LogP contribution in [0.3, 0.4) is 0 Å². The molecular weight excluding hydrogens is 336 g/mol. The van der Waals surface area contributed by atoms with Gasteiger partial charge in [-0.05, 0) is 50.8 Å². The van der Waals surface area contributed by atoms with Gasteiger partial charge in [-0.15, -0.1) is 11.3 Å². The number of aromatic nitrogens is 1. The first-order valence-electron chi connectivity index (χ1n) is 8.60. The molecule has 0 radical (unpaired) electrons. The molecule has 2 aromatic rings. The van der Waals surface area contributed by atoms with Crippen molar-refractivity contribution in [2.24, 2.45) is 0 Å². The average molecular weight is 360 g/mol. The third-order valence-electron chi connectivity index (χ3n) is 4.46. The number of aryl methyl sites for hydroxylation is 2. The molecule has 1 aliphatic rings. The first-order valence-corrected chi connectivity index (χ1v) is 9.48. The zero-order chi connectivity index (χ0) is 17.8. The van der Waals surface area contributed by atoms with Crippen LogP contribution in [0.4, 0.5) is 5.13 Å². The Balaban J connectivity index is 1.56. The van der Waals surface area contributed by atoms with Gasteiger partial charge in [0.05, 0.1) is 18.4 Å². The minimum absolute atomic E-state index is 0.117. The van der Waals surface area contributed by atoms with Crippen LogP contribution in [0.5, 0.6) is 0 Å². The van der Waals surface area contributed by atoms with E-state index in [9.17, 15) is 4.79 Å². The summed E-state index contributed by atoms with van der Waals surface area (Å²) in [5.74, 6) is -0.181. The first-order chi connectivity index (χ1) is 12.0. The number of benzene rings is 1. The number of hydrogen-bond acceptors (Lipinski definition) is 5. The lowest BCUT2D eigenvalue weighted by Gasteiger charge is -2.15. The summed E-state index contributed by atoms with van der Waals surface area (Å²) in [6, 6.07) is 6.25. The van der Waals surface area contributed by atoms with E-state index in [-0.39, 0.29) is 12.0 Å². The summed E-state index contributed by atoms with van der Waals surface area (Å²) in [6.45, 7) is 7.17. The SMILES string of the molecule is Cc1ccc(-c2csc(NC(=O)C(C)OCC3CCCO3)n2)cc1C. The van der Waals surface area contributed by atoms with Crippen molar-refractivity contribution in [1.82, 2.24) is 4.98 Å². The summed E-state index contributed by atoms with van der Waals surface area (Å²) in [5, 5.41) is 5.38. The van der Waals surface area contributed by atoms with Crippen LogP contribution in [0.2, 0.25) is 0 Å². The summed E-state index contributed by atoms with van der Waals surface area (Å²) >= 11 is 1.42. The summed E-state index contributed by atoms with van der Waals surface area (Å²) in [5.41, 5.74) is 4.41. The van der Waals surface area contributed by atoms with E-state index in [0.717, 1.165) is 30.7 Å². The average Bonchev–Trinajstić information content (AvgIpc) is 3.27. The van der Waals surface area contributed by atoms with Gasteiger partial charge in [-0.25, -0.2) is 4.98 Å². The van der Waals surface area contributed by atoms with E-state index in [1.54, 1.807) is 6.92 Å². The van der Waals surface area contributed by atoms with Gasteiger partial charge in [0.1, 0.15) is 6.10 Å². The molecule has 1 amide bonds. The van der Waals surface area contributed by atoms with E-state index >= 15 is 0 Å². The van der Waals surface area contributed by atoms with Gasteiger partial charge in [0.25, 0.3) is 5.91 Å². The quantitative estimate of drug-likeness (QED) is 0.847. The van der Waals surface area contributed by atoms with E-state index in [1.807, 2.05) is 5.38 Å². The molecule has 0 spiro atoms. The van der Waals surface area contributed by atoms with Crippen LogP contribution in [0.15, 0.2) is 23.6 Å². The molecule has 1 N–H and O–H groups in total. The molecule has 2 atom stereocenters. The number of ether oxygens (including phenoxy) is 2. The highest BCUT2D eigenvalue weighted by Crippen LogP contribution is 2.26. The fraction of sp³-hybridized carbons (Fsp3) is 0.474. The molecule has 0 bridgehead atoms. The van der Waals surface area contributed by atoms with Crippen molar-refractivity contribution < 1.29 is 14.3 Å². The second-order valence-corrected chi connectivity index (χ2v) is 7.29. The maximum absolute atomic E-state index is 12.3. The number of thiazole rings is 1. The van der Waals surface area contributed by atoms with E-state index in [1.165, 1.54) is 22.5 Å². The number of hydrogen-bond donors (Lipinski definition) is 1. The van der Waals surface area contributed by atoms with Gasteiger partial charge in [0, 0.05) is 17.6 Å². The molecule has 5 nitrogen and oxygen atoms in total. The number of carbonyl (C=O) groups is 1. The van der Waals surface area contributed by atoms with Crippen molar-refractivity contribution in [1.29, 1.82) is 0 Å². The lowest BCUT2D eigenvalue weighted by atomic mass is 10.1. The fourth-order valence-electron chi connectivity index (χ4n) is 2.67. The van der Waals surface area contributed by atoms with E-state index in [4.69, 9.17) is 9.47 Å². The Morgan fingerprint density at radius 3 is 3.00 bits per heavy atom. The molecule has 2 unspecified atom stereocenters. The molecule has 0 saturated carbocycles. The maximum Gasteiger partial charge on any atom is 0.254 e. The largest absolute Gasteiger partial charge is 0.376 e. The van der Waals surface area contributed by atoms with Crippen LogP contribution < -0.4 is 5.32 Å². The van der Waals surface area contributed by atoms with E-state index < -0.39 is 6.10 Å². The number of anilines is 1. The summed E-state index contributed by atoms with van der Waals surface area (Å²) in [4.78, 5) is 16.8. The Bertz CT molecular complexity index is 738. The fourth-order valence-corrected chi connectivity index (χ4v) is 3.40. The van der Waals surface area contributed by atoms with Crippen LogP contribution in [-0.2, 0) is 14.3 Å². The number of nitrogens with zero attached hydrogens (tertiary/aromatic N) is 1. The van der Waals surface area contributed by atoms with Gasteiger partial charge < -0.3 is 9.47 Å². The molecule has 0 aliphatic carbocycles. The van der Waals surface area contributed by atoms with Crippen molar-refractivity contribution in [3.8, 4) is 11.3 Å². The second-order valence-electron chi connectivity index (χ2n) is 6.44. The van der Waals surface area contributed by atoms with Gasteiger partial charge >= 0.3 is 0 Å². The van der Waals surface area contributed by atoms with Crippen molar-refractivity contribution in [3.63, 3.8) is 0 Å². The highest BCUT2D eigenvalue weighted by atomic mass is 32.1. The number of nitrogens with one attached hydrogen (secondary N) is 1. The normalized spacial score (nSPS) is 18.3. The maximum atomic E-state index is 12.3. The highest BCUT2D eigenvalue weighted by Gasteiger charge is 2.20. The van der Waals surface area contributed by atoms with E-state index in [0.29, 0.717) is 11.7 Å². The predicted octanol–water partition coefficient (Wildman–Crippen LogP) is 3.95. The number of carbonyl (C=O) groups excluding carboxylic acids is 1. The monoisotopic (exact) mass is 360 g/mol. The van der Waals surface area contributed by atoms with Gasteiger partial charge in [0.2, 0.25) is 0 Å². The smallest absolute Gasteiger partial charge is 0.254 e. The minimum atomic E-state index is -0.529. The van der Waals surface area contributed by atoms with Crippen LogP contribution in [0.1, 0.15) is 30.9 Å². The van der Waals surface area contributed by atoms with Crippen molar-refractivity contribution in [2.45, 2.75) is 45.8 Å². The predicted molar refractivity (Wildman–Crippen MR) is 100 cm³/mol. The zero-order valence-electron chi connectivity index (χ0n) is 14.9. The van der Waals surface area contributed by atoms with Crippen molar-refractivity contribution in [2.75, 3.05) is 18.5 Å². The van der Waals surface area contributed by atoms with Gasteiger partial charge in [-0.2, -0.15) is 0 Å². The molecule has 3 rings (SSSR count). The van der Waals surface area contributed by atoms with Crippen molar-refractivity contribution in [3.05, 3.63) is 34.7 Å². The Labute approximate surface area is 152 Å². The first kappa shape index (κ1) is 18.0. The van der Waals surface area contributed by atoms with Crippen LogP contribution >= 0.6 is 11.3 Å². The van der Waals surface area contributed by atoms with Crippen LogP contribution in [-0.4, -0.2) is 36.3 Å². The van der Waals surface area contributed by atoms with Crippen molar-refractivity contribution >= 4 is 22.4 Å². The molecule has 6 heteroatoms. The molecule has 1 fully saturated rings. The molecule has 25 heavy (non-hydrogen) atoms. The molecular formula is C19H24N2O3S. The summed E-state index contributed by atoms with van der Waals surface area (Å²) in [6.07, 6.45) is 1.65. The number of rotatable bonds is 6. The van der Waals surface area contributed by atoms with Crippen LogP contribution in [0, 0.1) is 13.8 Å². The topological polar surface area (TPSA) is 60.5 Å². The molecule has 2 heterocycles. The van der Waals surface area contributed by atoms with Gasteiger partial charge in [-0.1, -0.05) is 12.1 Å². The zero-order valence-corrected chi connectivity index (χ0v) is 15.7. The Hall–Kier alpha value is -1.76. The lowest BCUT2D eigenvalue weighted by molar-refractivity contribution is -0.128. The Morgan fingerprint density at radius 1 is 1.44 bits per heavy atom. The summed E-state index contributed by atoms with van der Waals surface area (Å²) < 4.78 is 11.1. The highest BCUT2D eigenvalue weighted by molar-refractivity contribution is 7.14. The van der Waals surface area contributed by atoms with Gasteiger partial charge in [0.15, 0.2) is 5.13 Å². The molecule has 1 aliphatic heterocycles. The Morgan fingerprint density at radius 2 is 2.28 bits per heavy atom.